The molecule has 0 saturated heterocycles. The van der Waals surface area contributed by atoms with Crippen LogP contribution in [0.3, 0.4) is 0 Å². The van der Waals surface area contributed by atoms with Gasteiger partial charge in [0.1, 0.15) is 0 Å². The highest BCUT2D eigenvalue weighted by Crippen LogP contribution is 2.19. The summed E-state index contributed by atoms with van der Waals surface area (Å²) in [6.45, 7) is 5.55. The van der Waals surface area contributed by atoms with Gasteiger partial charge in [0.15, 0.2) is 0 Å². The van der Waals surface area contributed by atoms with E-state index in [-0.39, 0.29) is 6.61 Å². The molecule has 2 aromatic carbocycles. The van der Waals surface area contributed by atoms with Crippen LogP contribution in [0.4, 0.5) is 5.69 Å². The summed E-state index contributed by atoms with van der Waals surface area (Å²) < 4.78 is 5.84. The number of benzene rings is 2. The highest BCUT2D eigenvalue weighted by atomic mass is 16.4. The van der Waals surface area contributed by atoms with Crippen LogP contribution in [0.1, 0.15) is 35.4 Å². The second kappa shape index (κ2) is 7.94. The zero-order valence-electron chi connectivity index (χ0n) is 14.6. The van der Waals surface area contributed by atoms with Gasteiger partial charge in [-0.15, -0.1) is 10.2 Å². The fraction of sp³-hybridized carbons (Fsp3) is 0.300. The number of aliphatic hydroxyl groups is 1. The van der Waals surface area contributed by atoms with Gasteiger partial charge in [-0.3, -0.25) is 0 Å². The third-order valence-electron chi connectivity index (χ3n) is 4.28. The molecule has 3 aromatic rings. The Morgan fingerprint density at radius 3 is 2.60 bits per heavy atom. The minimum Gasteiger partial charge on any atom is -0.423 e. The summed E-state index contributed by atoms with van der Waals surface area (Å²) in [7, 11) is 0. The summed E-state index contributed by atoms with van der Waals surface area (Å²) >= 11 is 0. The molecule has 0 spiro atoms. The molecule has 3 rings (SSSR count). The molecular weight excluding hydrogens is 314 g/mol. The lowest BCUT2D eigenvalue weighted by molar-refractivity contribution is 0.282. The maximum atomic E-state index is 9.31. The Kier molecular flexibility index (Phi) is 5.46. The van der Waals surface area contributed by atoms with Gasteiger partial charge in [-0.25, -0.2) is 0 Å². The van der Waals surface area contributed by atoms with Crippen molar-refractivity contribution >= 4 is 5.69 Å². The lowest BCUT2D eigenvalue weighted by atomic mass is 10.1. The van der Waals surface area contributed by atoms with Crippen LogP contribution in [0.5, 0.6) is 0 Å². The average Bonchev–Trinajstić information content (AvgIpc) is 3.09. The molecule has 0 aliphatic heterocycles. The number of hydrogen-bond acceptors (Lipinski definition) is 5. The summed E-state index contributed by atoms with van der Waals surface area (Å²) in [5.41, 5.74) is 4.34. The Bertz CT molecular complexity index is 829. The third-order valence-corrected chi connectivity index (χ3v) is 4.28. The number of hydrogen-bond donors (Lipinski definition) is 1. The summed E-state index contributed by atoms with van der Waals surface area (Å²) in [5, 5.41) is 17.7. The summed E-state index contributed by atoms with van der Waals surface area (Å²) in [6, 6.07) is 16.1. The van der Waals surface area contributed by atoms with E-state index < -0.39 is 0 Å². The highest BCUT2D eigenvalue weighted by Gasteiger charge is 2.13. The van der Waals surface area contributed by atoms with Crippen molar-refractivity contribution in [1.29, 1.82) is 0 Å². The fourth-order valence-corrected chi connectivity index (χ4v) is 2.80. The van der Waals surface area contributed by atoms with E-state index in [1.165, 1.54) is 11.1 Å². The van der Waals surface area contributed by atoms with Crippen LogP contribution in [0.15, 0.2) is 52.9 Å². The van der Waals surface area contributed by atoms with Gasteiger partial charge in [-0.05, 0) is 42.7 Å². The van der Waals surface area contributed by atoms with Crippen molar-refractivity contribution in [3.63, 3.8) is 0 Å². The number of rotatable bonds is 7. The number of aliphatic hydroxyl groups excluding tert-OH is 1. The van der Waals surface area contributed by atoms with Gasteiger partial charge >= 0.3 is 0 Å². The second-order valence-corrected chi connectivity index (χ2v) is 6.03. The molecule has 0 fully saturated rings. The molecular formula is C20H23N3O2. The SMILES string of the molecule is CCN(Cc1nnc(Cc2ccccc2C)o1)c1cccc(CO)c1. The summed E-state index contributed by atoms with van der Waals surface area (Å²) in [5.74, 6) is 1.23. The van der Waals surface area contributed by atoms with Gasteiger partial charge in [-0.2, -0.15) is 0 Å². The van der Waals surface area contributed by atoms with E-state index in [4.69, 9.17) is 4.42 Å². The topological polar surface area (TPSA) is 62.4 Å². The Morgan fingerprint density at radius 1 is 1.04 bits per heavy atom. The molecule has 0 bridgehead atoms. The predicted molar refractivity (Wildman–Crippen MR) is 97.4 cm³/mol. The summed E-state index contributed by atoms with van der Waals surface area (Å²) in [4.78, 5) is 2.14. The molecule has 130 valence electrons. The van der Waals surface area contributed by atoms with Crippen LogP contribution in [-0.4, -0.2) is 21.8 Å². The van der Waals surface area contributed by atoms with E-state index in [1.807, 2.05) is 36.4 Å². The van der Waals surface area contributed by atoms with E-state index in [0.717, 1.165) is 17.8 Å². The Morgan fingerprint density at radius 2 is 1.84 bits per heavy atom. The number of aryl methyl sites for hydroxylation is 1. The molecule has 0 atom stereocenters. The van der Waals surface area contributed by atoms with Gasteiger partial charge in [-0.1, -0.05) is 36.4 Å². The minimum atomic E-state index is 0.0343. The van der Waals surface area contributed by atoms with E-state index in [1.54, 1.807) is 0 Å². The molecule has 1 N–H and O–H groups in total. The van der Waals surface area contributed by atoms with Crippen LogP contribution >= 0.6 is 0 Å². The number of nitrogens with zero attached hydrogens (tertiary/aromatic N) is 3. The lowest BCUT2D eigenvalue weighted by Gasteiger charge is -2.21. The summed E-state index contributed by atoms with van der Waals surface area (Å²) in [6.07, 6.45) is 0.645. The molecule has 25 heavy (non-hydrogen) atoms. The monoisotopic (exact) mass is 337 g/mol. The second-order valence-electron chi connectivity index (χ2n) is 6.03. The van der Waals surface area contributed by atoms with Crippen molar-refractivity contribution < 1.29 is 9.52 Å². The number of anilines is 1. The first-order chi connectivity index (χ1) is 12.2. The average molecular weight is 337 g/mol. The standard InChI is InChI=1S/C20H23N3O2/c1-3-23(18-10-6-8-16(11-18)14-24)13-20-22-21-19(25-20)12-17-9-5-4-7-15(17)2/h4-11,24H,3,12-14H2,1-2H3. The van der Waals surface area contributed by atoms with E-state index in [9.17, 15) is 5.11 Å². The molecule has 0 saturated carbocycles. The Hall–Kier alpha value is -2.66. The van der Waals surface area contributed by atoms with Gasteiger partial charge < -0.3 is 14.4 Å². The van der Waals surface area contributed by atoms with Gasteiger partial charge in [0.05, 0.1) is 19.6 Å². The van der Waals surface area contributed by atoms with Crippen molar-refractivity contribution in [3.05, 3.63) is 77.0 Å². The fourth-order valence-electron chi connectivity index (χ4n) is 2.80. The smallest absolute Gasteiger partial charge is 0.235 e. The van der Waals surface area contributed by atoms with E-state index >= 15 is 0 Å². The first kappa shape index (κ1) is 17.2. The van der Waals surface area contributed by atoms with E-state index in [2.05, 4.69) is 41.1 Å². The van der Waals surface area contributed by atoms with Crippen molar-refractivity contribution in [1.82, 2.24) is 10.2 Å². The molecule has 1 heterocycles. The Balaban J connectivity index is 1.72. The minimum absolute atomic E-state index is 0.0343. The van der Waals surface area contributed by atoms with Gasteiger partial charge in [0.25, 0.3) is 0 Å². The van der Waals surface area contributed by atoms with Crippen LogP contribution in [0, 0.1) is 6.92 Å². The van der Waals surface area contributed by atoms with Crippen molar-refractivity contribution in [2.24, 2.45) is 0 Å². The van der Waals surface area contributed by atoms with Crippen molar-refractivity contribution in [3.8, 4) is 0 Å². The Labute approximate surface area is 147 Å². The van der Waals surface area contributed by atoms with Crippen molar-refractivity contribution in [2.45, 2.75) is 33.4 Å². The maximum Gasteiger partial charge on any atom is 0.235 e. The van der Waals surface area contributed by atoms with Crippen LogP contribution < -0.4 is 4.90 Å². The van der Waals surface area contributed by atoms with Crippen molar-refractivity contribution in [2.75, 3.05) is 11.4 Å². The molecule has 0 aliphatic rings. The normalized spacial score (nSPS) is 10.8. The van der Waals surface area contributed by atoms with Gasteiger partial charge in [0, 0.05) is 12.2 Å². The predicted octanol–water partition coefficient (Wildman–Crippen LogP) is 3.49. The molecule has 5 nitrogen and oxygen atoms in total. The third kappa shape index (κ3) is 4.25. The molecule has 0 amide bonds. The van der Waals surface area contributed by atoms with E-state index in [0.29, 0.717) is 24.7 Å². The molecule has 5 heteroatoms. The maximum absolute atomic E-state index is 9.31. The first-order valence-electron chi connectivity index (χ1n) is 8.50. The van der Waals surface area contributed by atoms with Gasteiger partial charge in [0.2, 0.25) is 11.8 Å². The quantitative estimate of drug-likeness (QED) is 0.715. The lowest BCUT2D eigenvalue weighted by Crippen LogP contribution is -2.22. The zero-order valence-corrected chi connectivity index (χ0v) is 14.6. The molecule has 0 aliphatic carbocycles. The highest BCUT2D eigenvalue weighted by molar-refractivity contribution is 5.48. The first-order valence-corrected chi connectivity index (χ1v) is 8.50. The van der Waals surface area contributed by atoms with Crippen LogP contribution in [0.2, 0.25) is 0 Å². The number of aromatic nitrogens is 2. The largest absolute Gasteiger partial charge is 0.423 e. The zero-order chi connectivity index (χ0) is 17.6. The van der Waals surface area contributed by atoms with Crippen LogP contribution in [0.25, 0.3) is 0 Å². The molecule has 0 radical (unpaired) electrons. The molecule has 0 unspecified atom stereocenters. The molecule has 1 aromatic heterocycles. The van der Waals surface area contributed by atoms with Crippen LogP contribution in [-0.2, 0) is 19.6 Å².